The minimum atomic E-state index is -2.97. The zero-order valence-electron chi connectivity index (χ0n) is 18.4. The van der Waals surface area contributed by atoms with E-state index >= 15 is 0 Å². The normalized spacial score (nSPS) is 30.6. The monoisotopic (exact) mass is 449 g/mol. The Kier molecular flexibility index (Phi) is 5.55. The number of fused-ring (bicyclic) bond motifs is 1. The van der Waals surface area contributed by atoms with Gasteiger partial charge in [-0.3, -0.25) is 9.58 Å². The van der Waals surface area contributed by atoms with Gasteiger partial charge in [-0.25, -0.2) is 9.37 Å². The average molecular weight is 450 g/mol. The van der Waals surface area contributed by atoms with E-state index in [-0.39, 0.29) is 17.6 Å². The average Bonchev–Trinajstić information content (AvgIpc) is 3.21. The van der Waals surface area contributed by atoms with E-state index in [4.69, 9.17) is 10.8 Å². The van der Waals surface area contributed by atoms with Gasteiger partial charge in [0.15, 0.2) is 11.6 Å². The fourth-order valence-electron chi connectivity index (χ4n) is 5.73. The van der Waals surface area contributed by atoms with Crippen molar-refractivity contribution in [1.29, 1.82) is 0 Å². The fraction of sp³-hybridized carbons (Fsp3) is 0.652. The number of likely N-dealkylation sites (tertiary alicyclic amines) is 1. The molecule has 2 aliphatic carbocycles. The molecule has 6 nitrogen and oxygen atoms in total. The highest BCUT2D eigenvalue weighted by atomic mass is 19.3. The van der Waals surface area contributed by atoms with Crippen molar-refractivity contribution in [2.24, 2.45) is 11.8 Å². The second-order valence-corrected chi connectivity index (χ2v) is 9.50. The molecule has 0 radical (unpaired) electrons. The molecule has 2 N–H and O–H groups in total. The number of rotatable bonds is 7. The molecule has 0 bridgehead atoms. The molecule has 0 aromatic carbocycles. The number of nitrogen functional groups attached to an aromatic ring is 1. The van der Waals surface area contributed by atoms with Crippen LogP contribution in [0.4, 0.5) is 19.0 Å². The molecule has 1 aliphatic heterocycles. The van der Waals surface area contributed by atoms with Crippen LogP contribution in [0.2, 0.25) is 0 Å². The first kappa shape index (κ1) is 21.6. The van der Waals surface area contributed by atoms with Crippen molar-refractivity contribution < 1.29 is 17.9 Å². The lowest BCUT2D eigenvalue weighted by atomic mass is 10.0. The number of anilines is 1. The smallest absolute Gasteiger partial charge is 0.387 e. The molecule has 32 heavy (non-hydrogen) atoms. The minimum absolute atomic E-state index is 0.0733. The van der Waals surface area contributed by atoms with Crippen molar-refractivity contribution in [2.45, 2.75) is 70.3 Å². The summed E-state index contributed by atoms with van der Waals surface area (Å²) in [5.74, 6) is 1.45. The lowest BCUT2D eigenvalue weighted by molar-refractivity contribution is -0.0494. The molecule has 9 heteroatoms. The molecule has 4 unspecified atom stereocenters. The number of alkyl halides is 3. The quantitative estimate of drug-likeness (QED) is 0.667. The number of nitrogens with two attached hydrogens (primary N) is 1. The molecule has 2 aromatic rings. The van der Waals surface area contributed by atoms with Gasteiger partial charge in [0.25, 0.3) is 0 Å². The van der Waals surface area contributed by atoms with Gasteiger partial charge in [-0.1, -0.05) is 6.92 Å². The highest BCUT2D eigenvalue weighted by Gasteiger charge is 2.59. The molecule has 1 saturated heterocycles. The Labute approximate surface area is 185 Å². The molecule has 0 spiro atoms. The Bertz CT molecular complexity index is 971. The van der Waals surface area contributed by atoms with Crippen LogP contribution < -0.4 is 10.5 Å². The van der Waals surface area contributed by atoms with E-state index in [1.165, 1.54) is 11.8 Å². The summed E-state index contributed by atoms with van der Waals surface area (Å²) < 4.78 is 45.7. The van der Waals surface area contributed by atoms with E-state index in [9.17, 15) is 13.2 Å². The highest BCUT2D eigenvalue weighted by Crippen LogP contribution is 2.64. The standard InChI is InChI=1S/C23H30F3N5O/c1-3-12(2)31-19(21-16-7-15(8-17(16)21)30-5-4-14(24)11-30)9-18(29-31)13-6-20(32-23(25)26)22(27)28-10-13/h6,9-10,12,14-17,21,23H,3-5,7-8,11H2,1-2H3,(H2,27,28). The summed E-state index contributed by atoms with van der Waals surface area (Å²) in [5.41, 5.74) is 8.18. The number of halogens is 3. The van der Waals surface area contributed by atoms with Crippen LogP contribution in [0.5, 0.6) is 5.75 Å². The van der Waals surface area contributed by atoms with E-state index in [2.05, 4.69) is 39.2 Å². The summed E-state index contributed by atoms with van der Waals surface area (Å²) in [5, 5.41) is 4.83. The van der Waals surface area contributed by atoms with Crippen LogP contribution in [0.25, 0.3) is 11.3 Å². The molecular formula is C23H30F3N5O. The number of nitrogens with zero attached hydrogens (tertiary/aromatic N) is 4. The van der Waals surface area contributed by atoms with Gasteiger partial charge in [0.1, 0.15) is 6.17 Å². The Hall–Kier alpha value is -2.29. The van der Waals surface area contributed by atoms with Gasteiger partial charge in [0.2, 0.25) is 0 Å². The van der Waals surface area contributed by atoms with Crippen LogP contribution in [-0.4, -0.2) is 51.6 Å². The van der Waals surface area contributed by atoms with Gasteiger partial charge in [0.05, 0.1) is 5.69 Å². The predicted molar refractivity (Wildman–Crippen MR) is 115 cm³/mol. The number of hydrogen-bond donors (Lipinski definition) is 1. The summed E-state index contributed by atoms with van der Waals surface area (Å²) in [6, 6.07) is 4.26. The van der Waals surface area contributed by atoms with Crippen molar-refractivity contribution in [3.63, 3.8) is 0 Å². The summed E-state index contributed by atoms with van der Waals surface area (Å²) in [6.07, 6.45) is 4.68. The van der Waals surface area contributed by atoms with Gasteiger partial charge in [-0.05, 0) is 56.6 Å². The topological polar surface area (TPSA) is 69.2 Å². The molecule has 4 atom stereocenters. The van der Waals surface area contributed by atoms with Gasteiger partial charge >= 0.3 is 6.61 Å². The zero-order chi connectivity index (χ0) is 22.6. The van der Waals surface area contributed by atoms with Crippen molar-refractivity contribution in [2.75, 3.05) is 18.8 Å². The molecule has 3 fully saturated rings. The lowest BCUT2D eigenvalue weighted by Crippen LogP contribution is -2.33. The van der Waals surface area contributed by atoms with Crippen LogP contribution >= 0.6 is 0 Å². The minimum Gasteiger partial charge on any atom is -0.431 e. The highest BCUT2D eigenvalue weighted by molar-refractivity contribution is 5.64. The van der Waals surface area contributed by atoms with Gasteiger partial charge < -0.3 is 10.5 Å². The molecule has 5 rings (SSSR count). The van der Waals surface area contributed by atoms with E-state index in [1.807, 2.05) is 0 Å². The van der Waals surface area contributed by atoms with Crippen molar-refractivity contribution >= 4 is 5.82 Å². The van der Waals surface area contributed by atoms with E-state index in [0.717, 1.165) is 25.8 Å². The summed E-state index contributed by atoms with van der Waals surface area (Å²) >= 11 is 0. The van der Waals surface area contributed by atoms with E-state index in [0.29, 0.717) is 48.0 Å². The second-order valence-electron chi connectivity index (χ2n) is 9.50. The van der Waals surface area contributed by atoms with E-state index < -0.39 is 12.8 Å². The Morgan fingerprint density at radius 1 is 1.25 bits per heavy atom. The molecule has 0 amide bonds. The third-order valence-corrected chi connectivity index (χ3v) is 7.61. The second kappa shape index (κ2) is 8.24. The van der Waals surface area contributed by atoms with Crippen molar-refractivity contribution in [3.05, 3.63) is 24.0 Å². The maximum atomic E-state index is 13.6. The molecule has 3 heterocycles. The van der Waals surface area contributed by atoms with Crippen LogP contribution in [-0.2, 0) is 0 Å². The van der Waals surface area contributed by atoms with Crippen LogP contribution in [0.15, 0.2) is 18.3 Å². The third-order valence-electron chi connectivity index (χ3n) is 7.61. The molecular weight excluding hydrogens is 419 g/mol. The number of ether oxygens (including phenoxy) is 1. The first-order valence-corrected chi connectivity index (χ1v) is 11.5. The molecule has 2 aromatic heterocycles. The predicted octanol–water partition coefficient (Wildman–Crippen LogP) is 4.64. The number of pyridine rings is 1. The Morgan fingerprint density at radius 2 is 2.00 bits per heavy atom. The Morgan fingerprint density at radius 3 is 2.62 bits per heavy atom. The maximum Gasteiger partial charge on any atom is 0.387 e. The SMILES string of the molecule is CCC(C)n1nc(-c2cnc(N)c(OC(F)F)c2)cc1C1C2CC(N3CCC(F)C3)CC21. The summed E-state index contributed by atoms with van der Waals surface area (Å²) in [4.78, 5) is 6.35. The fourth-order valence-corrected chi connectivity index (χ4v) is 5.73. The first-order valence-electron chi connectivity index (χ1n) is 11.5. The van der Waals surface area contributed by atoms with Crippen LogP contribution in [0, 0.1) is 11.8 Å². The lowest BCUT2D eigenvalue weighted by Gasteiger charge is -2.25. The van der Waals surface area contributed by atoms with Crippen molar-refractivity contribution in [1.82, 2.24) is 19.7 Å². The zero-order valence-corrected chi connectivity index (χ0v) is 18.4. The van der Waals surface area contributed by atoms with Gasteiger partial charge in [-0.2, -0.15) is 13.9 Å². The largest absolute Gasteiger partial charge is 0.431 e. The summed E-state index contributed by atoms with van der Waals surface area (Å²) in [7, 11) is 0. The maximum absolute atomic E-state index is 13.6. The van der Waals surface area contributed by atoms with Crippen molar-refractivity contribution in [3.8, 4) is 17.0 Å². The third kappa shape index (κ3) is 3.84. The number of aromatic nitrogens is 3. The van der Waals surface area contributed by atoms with Gasteiger partial charge in [0, 0.05) is 48.5 Å². The molecule has 174 valence electrons. The van der Waals surface area contributed by atoms with Crippen LogP contribution in [0.3, 0.4) is 0 Å². The Balaban J connectivity index is 1.38. The molecule has 2 saturated carbocycles. The molecule has 3 aliphatic rings. The van der Waals surface area contributed by atoms with E-state index in [1.54, 1.807) is 6.20 Å². The summed E-state index contributed by atoms with van der Waals surface area (Å²) in [6.45, 7) is 2.75. The van der Waals surface area contributed by atoms with Gasteiger partial charge in [-0.15, -0.1) is 0 Å². The van der Waals surface area contributed by atoms with Crippen LogP contribution in [0.1, 0.15) is 57.2 Å². The number of hydrogen-bond acceptors (Lipinski definition) is 5. The first-order chi connectivity index (χ1) is 15.4.